The second-order valence-corrected chi connectivity index (χ2v) is 7.69. The fourth-order valence-electron chi connectivity index (χ4n) is 2.91. The van der Waals surface area contributed by atoms with Crippen LogP contribution in [0.3, 0.4) is 0 Å². The molecular formula is C16H25N3O4S. The van der Waals surface area contributed by atoms with Crippen LogP contribution in [-0.4, -0.2) is 47.2 Å². The molecule has 8 heteroatoms. The number of methoxy groups -OCH3 is 1. The number of hydrogen-bond donors (Lipinski definition) is 3. The van der Waals surface area contributed by atoms with E-state index in [2.05, 4.69) is 10.0 Å². The molecule has 0 spiro atoms. The number of rotatable bonds is 8. The summed E-state index contributed by atoms with van der Waals surface area (Å²) in [5, 5.41) is 3.00. The third-order valence-electron chi connectivity index (χ3n) is 4.30. The average molecular weight is 355 g/mol. The molecule has 1 aliphatic carbocycles. The summed E-state index contributed by atoms with van der Waals surface area (Å²) >= 11 is 0. The minimum Gasteiger partial charge on any atom is -0.383 e. The number of nitrogens with one attached hydrogen (secondary N) is 2. The van der Waals surface area contributed by atoms with Gasteiger partial charge in [0.25, 0.3) is 5.91 Å². The molecule has 0 bridgehead atoms. The first kappa shape index (κ1) is 18.9. The molecule has 1 saturated carbocycles. The van der Waals surface area contributed by atoms with Crippen molar-refractivity contribution in [1.82, 2.24) is 10.0 Å². The van der Waals surface area contributed by atoms with E-state index in [9.17, 15) is 13.2 Å². The summed E-state index contributed by atoms with van der Waals surface area (Å²) in [6.45, 7) is 1.06. The van der Waals surface area contributed by atoms with Crippen molar-refractivity contribution >= 4 is 15.9 Å². The number of hydrogen-bond acceptors (Lipinski definition) is 5. The van der Waals surface area contributed by atoms with Gasteiger partial charge in [-0.3, -0.25) is 4.79 Å². The zero-order valence-corrected chi connectivity index (χ0v) is 14.6. The second-order valence-electron chi connectivity index (χ2n) is 5.92. The van der Waals surface area contributed by atoms with Gasteiger partial charge in [0.2, 0.25) is 10.0 Å². The lowest BCUT2D eigenvalue weighted by atomic mass is 10.0. The van der Waals surface area contributed by atoms with Crippen LogP contribution in [0, 0.1) is 5.92 Å². The van der Waals surface area contributed by atoms with E-state index in [-0.39, 0.29) is 23.4 Å². The Morgan fingerprint density at radius 1 is 1.29 bits per heavy atom. The number of sulfonamides is 1. The van der Waals surface area contributed by atoms with Crippen LogP contribution in [0.25, 0.3) is 0 Å². The normalized spacial score (nSPS) is 20.9. The van der Waals surface area contributed by atoms with Gasteiger partial charge in [0, 0.05) is 25.3 Å². The van der Waals surface area contributed by atoms with E-state index < -0.39 is 10.0 Å². The molecule has 0 heterocycles. The zero-order chi connectivity index (χ0) is 17.6. The largest absolute Gasteiger partial charge is 0.383 e. The average Bonchev–Trinajstić information content (AvgIpc) is 3.02. The maximum absolute atomic E-state index is 12.3. The third kappa shape index (κ3) is 4.76. The molecule has 1 amide bonds. The highest BCUT2D eigenvalue weighted by Crippen LogP contribution is 2.25. The summed E-state index contributed by atoms with van der Waals surface area (Å²) in [7, 11) is -2.09. The summed E-state index contributed by atoms with van der Waals surface area (Å²) in [6.07, 6.45) is 3.03. The molecule has 0 saturated heterocycles. The van der Waals surface area contributed by atoms with Gasteiger partial charge in [-0.15, -0.1) is 0 Å². The van der Waals surface area contributed by atoms with E-state index in [0.29, 0.717) is 24.6 Å². The summed E-state index contributed by atoms with van der Waals surface area (Å²) in [5.41, 5.74) is 6.16. The Balaban J connectivity index is 1.99. The molecule has 7 nitrogen and oxygen atoms in total. The Kier molecular flexibility index (Phi) is 6.73. The molecule has 24 heavy (non-hydrogen) atoms. The van der Waals surface area contributed by atoms with Crippen LogP contribution in [-0.2, 0) is 14.8 Å². The van der Waals surface area contributed by atoms with Gasteiger partial charge in [-0.25, -0.2) is 13.1 Å². The molecule has 2 unspecified atom stereocenters. The van der Waals surface area contributed by atoms with Crippen LogP contribution in [0.2, 0.25) is 0 Å². The first-order chi connectivity index (χ1) is 11.5. The van der Waals surface area contributed by atoms with Crippen LogP contribution in [0.5, 0.6) is 0 Å². The van der Waals surface area contributed by atoms with Crippen molar-refractivity contribution in [2.75, 3.05) is 26.8 Å². The van der Waals surface area contributed by atoms with Crippen molar-refractivity contribution in [3.63, 3.8) is 0 Å². The third-order valence-corrected chi connectivity index (χ3v) is 5.78. The number of carbonyl (C=O) groups excluding carboxylic acids is 1. The molecule has 0 aromatic heterocycles. The maximum atomic E-state index is 12.3. The highest BCUT2D eigenvalue weighted by molar-refractivity contribution is 7.89. The molecule has 0 aliphatic heterocycles. The van der Waals surface area contributed by atoms with Crippen LogP contribution in [0.1, 0.15) is 29.6 Å². The number of ether oxygens (including phenoxy) is 1. The van der Waals surface area contributed by atoms with Crippen molar-refractivity contribution in [3.05, 3.63) is 29.8 Å². The highest BCUT2D eigenvalue weighted by Gasteiger charge is 2.27. The molecule has 0 radical (unpaired) electrons. The van der Waals surface area contributed by atoms with Gasteiger partial charge in [0.1, 0.15) is 0 Å². The highest BCUT2D eigenvalue weighted by atomic mass is 32.2. The fraction of sp³-hybridized carbons (Fsp3) is 0.562. The van der Waals surface area contributed by atoms with Gasteiger partial charge in [-0.05, 0) is 49.6 Å². The minimum absolute atomic E-state index is 0.0987. The Morgan fingerprint density at radius 3 is 2.62 bits per heavy atom. The first-order valence-corrected chi connectivity index (χ1v) is 9.56. The van der Waals surface area contributed by atoms with Crippen LogP contribution >= 0.6 is 0 Å². The van der Waals surface area contributed by atoms with Gasteiger partial charge in [-0.1, -0.05) is 6.42 Å². The van der Waals surface area contributed by atoms with Crippen LogP contribution in [0.4, 0.5) is 0 Å². The molecule has 134 valence electrons. The quantitative estimate of drug-likeness (QED) is 0.587. The predicted molar refractivity (Wildman–Crippen MR) is 91.2 cm³/mol. The Bertz CT molecular complexity index is 646. The fourth-order valence-corrected chi connectivity index (χ4v) is 3.92. The molecule has 1 aliphatic rings. The molecule has 1 fully saturated rings. The summed E-state index contributed by atoms with van der Waals surface area (Å²) in [4.78, 5) is 12.4. The molecule has 4 N–H and O–H groups in total. The number of amides is 1. The molecular weight excluding hydrogens is 330 g/mol. The molecule has 1 aromatic rings. The van der Waals surface area contributed by atoms with Gasteiger partial charge in [0.05, 0.1) is 11.5 Å². The van der Waals surface area contributed by atoms with Crippen molar-refractivity contribution < 1.29 is 17.9 Å². The standard InChI is InChI=1S/C16H25N3O4S/c1-23-10-9-18-24(21,22)14-7-5-12(6-8-14)16(20)19-15-4-2-3-13(15)11-17/h5-8,13,15,18H,2-4,9-11,17H2,1H3,(H,19,20). The minimum atomic E-state index is -3.59. The van der Waals surface area contributed by atoms with Gasteiger partial charge in [-0.2, -0.15) is 0 Å². The van der Waals surface area contributed by atoms with Crippen LogP contribution < -0.4 is 15.8 Å². The van der Waals surface area contributed by atoms with E-state index in [1.54, 1.807) is 0 Å². The summed E-state index contributed by atoms with van der Waals surface area (Å²) in [6, 6.07) is 6.00. The molecule has 2 rings (SSSR count). The van der Waals surface area contributed by atoms with Crippen LogP contribution in [0.15, 0.2) is 29.2 Å². The lowest BCUT2D eigenvalue weighted by Crippen LogP contribution is -2.39. The number of nitrogens with two attached hydrogens (primary N) is 1. The summed E-state index contributed by atoms with van der Waals surface area (Å²) in [5.74, 6) is 0.121. The van der Waals surface area contributed by atoms with E-state index in [0.717, 1.165) is 19.3 Å². The SMILES string of the molecule is COCCNS(=O)(=O)c1ccc(C(=O)NC2CCCC2CN)cc1. The lowest BCUT2D eigenvalue weighted by molar-refractivity contribution is 0.0928. The van der Waals surface area contributed by atoms with Gasteiger partial charge in [0.15, 0.2) is 0 Å². The maximum Gasteiger partial charge on any atom is 0.251 e. The van der Waals surface area contributed by atoms with E-state index >= 15 is 0 Å². The number of carbonyl (C=O) groups is 1. The molecule has 1 aromatic carbocycles. The van der Waals surface area contributed by atoms with Crippen molar-refractivity contribution in [2.45, 2.75) is 30.2 Å². The Labute approximate surface area is 143 Å². The smallest absolute Gasteiger partial charge is 0.251 e. The monoisotopic (exact) mass is 355 g/mol. The van der Waals surface area contributed by atoms with E-state index in [1.807, 2.05) is 0 Å². The van der Waals surface area contributed by atoms with Crippen molar-refractivity contribution in [3.8, 4) is 0 Å². The van der Waals surface area contributed by atoms with Gasteiger partial charge >= 0.3 is 0 Å². The lowest BCUT2D eigenvalue weighted by Gasteiger charge is -2.19. The van der Waals surface area contributed by atoms with Crippen molar-refractivity contribution in [2.24, 2.45) is 11.7 Å². The van der Waals surface area contributed by atoms with E-state index in [1.165, 1.54) is 31.4 Å². The topological polar surface area (TPSA) is 111 Å². The van der Waals surface area contributed by atoms with Crippen molar-refractivity contribution in [1.29, 1.82) is 0 Å². The first-order valence-electron chi connectivity index (χ1n) is 8.07. The van der Waals surface area contributed by atoms with E-state index in [4.69, 9.17) is 10.5 Å². The molecule has 2 atom stereocenters. The summed E-state index contributed by atoms with van der Waals surface area (Å²) < 4.78 is 31.4. The zero-order valence-electron chi connectivity index (χ0n) is 13.8. The number of benzene rings is 1. The Morgan fingerprint density at radius 2 is 2.00 bits per heavy atom. The predicted octanol–water partition coefficient (Wildman–Crippen LogP) is 0.469. The Hall–Kier alpha value is -1.48. The van der Waals surface area contributed by atoms with Gasteiger partial charge < -0.3 is 15.8 Å². The second kappa shape index (κ2) is 8.57.